The van der Waals surface area contributed by atoms with Gasteiger partial charge >= 0.3 is 0 Å². The zero-order chi connectivity index (χ0) is 17.9. The maximum absolute atomic E-state index is 12.2. The van der Waals surface area contributed by atoms with Crippen molar-refractivity contribution >= 4 is 0 Å². The van der Waals surface area contributed by atoms with Crippen molar-refractivity contribution in [2.24, 2.45) is 0 Å². The summed E-state index contributed by atoms with van der Waals surface area (Å²) in [5, 5.41) is 13.4. The number of ether oxygens (including phenoxy) is 1. The number of nitrogens with zero attached hydrogens (tertiary/aromatic N) is 3. The van der Waals surface area contributed by atoms with Crippen molar-refractivity contribution < 1.29 is 4.74 Å². The molecule has 0 aliphatic carbocycles. The number of hydrogen-bond donors (Lipinski definition) is 0. The number of aryl methyl sites for hydroxylation is 1. The predicted octanol–water partition coefficient (Wildman–Crippen LogP) is 3.11. The summed E-state index contributed by atoms with van der Waals surface area (Å²) in [6.45, 7) is 10.6. The largest absolute Gasteiger partial charge is 0.492 e. The molecule has 2 aromatic rings. The average molecular weight is 325 g/mol. The lowest BCUT2D eigenvalue weighted by molar-refractivity contribution is 0.287. The van der Waals surface area contributed by atoms with Gasteiger partial charge in [-0.3, -0.25) is 4.79 Å². The normalized spacial score (nSPS) is 11.2. The van der Waals surface area contributed by atoms with Gasteiger partial charge in [-0.2, -0.15) is 10.4 Å². The highest BCUT2D eigenvalue weighted by molar-refractivity contribution is 5.36. The Morgan fingerprint density at radius 2 is 1.83 bits per heavy atom. The molecule has 0 radical (unpaired) electrons. The molecule has 5 nitrogen and oxygen atoms in total. The van der Waals surface area contributed by atoms with Gasteiger partial charge in [0.15, 0.2) is 0 Å². The second-order valence-corrected chi connectivity index (χ2v) is 6.85. The van der Waals surface area contributed by atoms with E-state index in [-0.39, 0.29) is 16.5 Å². The number of nitriles is 1. The standard InChI is InChI=1S/C19H23N3O2/c1-13-14(2)21-22(18(23)17(13)12-20)10-11-24-16-8-6-15(7-9-16)19(3,4)5/h6-9H,10-11H2,1-5H3. The Kier molecular flexibility index (Phi) is 5.08. The molecule has 24 heavy (non-hydrogen) atoms. The molecule has 5 heteroatoms. The fraction of sp³-hybridized carbons (Fsp3) is 0.421. The summed E-state index contributed by atoms with van der Waals surface area (Å²) in [7, 11) is 0. The maximum Gasteiger partial charge on any atom is 0.285 e. The summed E-state index contributed by atoms with van der Waals surface area (Å²) in [6.07, 6.45) is 0. The van der Waals surface area contributed by atoms with Crippen LogP contribution >= 0.6 is 0 Å². The highest BCUT2D eigenvalue weighted by Crippen LogP contribution is 2.24. The second-order valence-electron chi connectivity index (χ2n) is 6.85. The first-order chi connectivity index (χ1) is 11.2. The molecule has 0 amide bonds. The molecule has 0 N–H and O–H groups in total. The van der Waals surface area contributed by atoms with Crippen molar-refractivity contribution in [2.75, 3.05) is 6.61 Å². The van der Waals surface area contributed by atoms with Crippen LogP contribution in [0.3, 0.4) is 0 Å². The summed E-state index contributed by atoms with van der Waals surface area (Å²) in [5.74, 6) is 0.750. The zero-order valence-corrected chi connectivity index (χ0v) is 14.9. The lowest BCUT2D eigenvalue weighted by Gasteiger charge is -2.19. The first-order valence-electron chi connectivity index (χ1n) is 7.96. The summed E-state index contributed by atoms with van der Waals surface area (Å²) in [6, 6.07) is 9.91. The van der Waals surface area contributed by atoms with Crippen molar-refractivity contribution in [2.45, 2.75) is 46.6 Å². The van der Waals surface area contributed by atoms with Gasteiger partial charge < -0.3 is 4.74 Å². The second kappa shape index (κ2) is 6.88. The third-order valence-corrected chi connectivity index (χ3v) is 4.04. The Morgan fingerprint density at radius 3 is 2.38 bits per heavy atom. The van der Waals surface area contributed by atoms with E-state index in [0.29, 0.717) is 24.4 Å². The lowest BCUT2D eigenvalue weighted by atomic mass is 9.87. The average Bonchev–Trinajstić information content (AvgIpc) is 2.52. The van der Waals surface area contributed by atoms with Gasteiger partial charge in [0.25, 0.3) is 5.56 Å². The molecule has 2 rings (SSSR count). The molecule has 0 fully saturated rings. The van der Waals surface area contributed by atoms with E-state index < -0.39 is 0 Å². The quantitative estimate of drug-likeness (QED) is 0.866. The molecule has 126 valence electrons. The van der Waals surface area contributed by atoms with Crippen LogP contribution in [0.2, 0.25) is 0 Å². The van der Waals surface area contributed by atoms with E-state index in [9.17, 15) is 4.79 Å². The smallest absolute Gasteiger partial charge is 0.285 e. The van der Waals surface area contributed by atoms with Gasteiger partial charge in [0, 0.05) is 0 Å². The van der Waals surface area contributed by atoms with E-state index in [1.165, 1.54) is 10.2 Å². The molecule has 0 aliphatic rings. The summed E-state index contributed by atoms with van der Waals surface area (Å²) in [4.78, 5) is 12.2. The van der Waals surface area contributed by atoms with Gasteiger partial charge in [0.1, 0.15) is 24.0 Å². The lowest BCUT2D eigenvalue weighted by Crippen LogP contribution is -2.29. The highest BCUT2D eigenvalue weighted by Gasteiger charge is 2.13. The van der Waals surface area contributed by atoms with Crippen molar-refractivity contribution in [3.05, 3.63) is 57.0 Å². The maximum atomic E-state index is 12.2. The van der Waals surface area contributed by atoms with Gasteiger partial charge in [-0.25, -0.2) is 4.68 Å². The number of rotatable bonds is 4. The van der Waals surface area contributed by atoms with Crippen LogP contribution < -0.4 is 10.3 Å². The fourth-order valence-corrected chi connectivity index (χ4v) is 2.36. The van der Waals surface area contributed by atoms with Crippen LogP contribution in [0.1, 0.15) is 43.2 Å². The Balaban J connectivity index is 2.07. The van der Waals surface area contributed by atoms with Crippen molar-refractivity contribution in [1.82, 2.24) is 9.78 Å². The molecule has 0 atom stereocenters. The topological polar surface area (TPSA) is 67.9 Å². The summed E-state index contributed by atoms with van der Waals surface area (Å²) < 4.78 is 6.99. The van der Waals surface area contributed by atoms with E-state index in [1.807, 2.05) is 30.3 Å². The van der Waals surface area contributed by atoms with Gasteiger partial charge in [0.05, 0.1) is 12.2 Å². The first kappa shape index (κ1) is 17.7. The third kappa shape index (κ3) is 3.83. The predicted molar refractivity (Wildman–Crippen MR) is 93.3 cm³/mol. The van der Waals surface area contributed by atoms with Crippen LogP contribution in [0.5, 0.6) is 5.75 Å². The monoisotopic (exact) mass is 325 g/mol. The third-order valence-electron chi connectivity index (χ3n) is 4.04. The molecule has 0 aliphatic heterocycles. The van der Waals surface area contributed by atoms with E-state index >= 15 is 0 Å². The van der Waals surface area contributed by atoms with Crippen LogP contribution in [0.4, 0.5) is 0 Å². The van der Waals surface area contributed by atoms with Crippen molar-refractivity contribution in [3.8, 4) is 11.8 Å². The summed E-state index contributed by atoms with van der Waals surface area (Å²) in [5.41, 5.74) is 2.44. The molecule has 0 bridgehead atoms. The summed E-state index contributed by atoms with van der Waals surface area (Å²) >= 11 is 0. The van der Waals surface area contributed by atoms with E-state index in [4.69, 9.17) is 10.00 Å². The van der Waals surface area contributed by atoms with E-state index in [1.54, 1.807) is 13.8 Å². The minimum atomic E-state index is -0.368. The molecule has 0 saturated heterocycles. The molecular weight excluding hydrogens is 302 g/mol. The molecule has 0 saturated carbocycles. The number of hydrogen-bond acceptors (Lipinski definition) is 4. The molecule has 0 spiro atoms. The van der Waals surface area contributed by atoms with Gasteiger partial charge in [-0.1, -0.05) is 32.9 Å². The molecule has 0 unspecified atom stereocenters. The van der Waals surface area contributed by atoms with Gasteiger partial charge in [-0.05, 0) is 42.5 Å². The van der Waals surface area contributed by atoms with Gasteiger partial charge in [-0.15, -0.1) is 0 Å². The fourth-order valence-electron chi connectivity index (χ4n) is 2.36. The molecule has 1 aromatic heterocycles. The van der Waals surface area contributed by atoms with Crippen LogP contribution in [-0.2, 0) is 12.0 Å². The van der Waals surface area contributed by atoms with Crippen LogP contribution in [0.25, 0.3) is 0 Å². The molecular formula is C19H23N3O2. The Bertz CT molecular complexity index is 822. The van der Waals surface area contributed by atoms with Gasteiger partial charge in [0.2, 0.25) is 0 Å². The SMILES string of the molecule is Cc1nn(CCOc2ccc(C(C)(C)C)cc2)c(=O)c(C#N)c1C. The Morgan fingerprint density at radius 1 is 1.21 bits per heavy atom. The zero-order valence-electron chi connectivity index (χ0n) is 14.9. The highest BCUT2D eigenvalue weighted by atomic mass is 16.5. The van der Waals surface area contributed by atoms with Crippen molar-refractivity contribution in [1.29, 1.82) is 5.26 Å². The minimum absolute atomic E-state index is 0.100. The van der Waals surface area contributed by atoms with Crippen molar-refractivity contribution in [3.63, 3.8) is 0 Å². The van der Waals surface area contributed by atoms with Crippen LogP contribution in [0.15, 0.2) is 29.1 Å². The molecule has 1 aromatic carbocycles. The van der Waals surface area contributed by atoms with Crippen LogP contribution in [0, 0.1) is 25.2 Å². The first-order valence-corrected chi connectivity index (χ1v) is 7.96. The Labute approximate surface area is 142 Å². The minimum Gasteiger partial charge on any atom is -0.492 e. The molecule has 1 heterocycles. The van der Waals surface area contributed by atoms with E-state index in [0.717, 1.165) is 5.75 Å². The van der Waals surface area contributed by atoms with Crippen LogP contribution in [-0.4, -0.2) is 16.4 Å². The van der Waals surface area contributed by atoms with E-state index in [2.05, 4.69) is 25.9 Å². The Hall–Kier alpha value is -2.61. The number of benzene rings is 1. The number of aromatic nitrogens is 2.